The van der Waals surface area contributed by atoms with Crippen molar-refractivity contribution in [3.63, 3.8) is 0 Å². The molecule has 0 saturated carbocycles. The second kappa shape index (κ2) is 6.43. The van der Waals surface area contributed by atoms with E-state index in [2.05, 4.69) is 0 Å². The molecule has 1 saturated heterocycles. The van der Waals surface area contributed by atoms with Gasteiger partial charge in [-0.25, -0.2) is 0 Å². The van der Waals surface area contributed by atoms with E-state index in [0.717, 1.165) is 25.9 Å². The van der Waals surface area contributed by atoms with Gasteiger partial charge in [0.05, 0.1) is 6.10 Å². The van der Waals surface area contributed by atoms with Crippen LogP contribution >= 0.6 is 11.6 Å². The van der Waals surface area contributed by atoms with Crippen LogP contribution in [0.3, 0.4) is 0 Å². The summed E-state index contributed by atoms with van der Waals surface area (Å²) in [6.45, 7) is 1.17. The van der Waals surface area contributed by atoms with Crippen LogP contribution in [0.4, 0.5) is 0 Å². The van der Waals surface area contributed by atoms with Crippen LogP contribution in [-0.2, 0) is 4.74 Å². The van der Waals surface area contributed by atoms with Crippen LogP contribution < -0.4 is 10.2 Å². The van der Waals surface area contributed by atoms with Gasteiger partial charge in [0.25, 0.3) is 0 Å². The van der Waals surface area contributed by atoms with E-state index in [-0.39, 0.29) is 6.10 Å². The molecule has 0 unspecified atom stereocenters. The van der Waals surface area contributed by atoms with Crippen LogP contribution in [0.15, 0.2) is 18.2 Å². The van der Waals surface area contributed by atoms with Crippen molar-refractivity contribution >= 4 is 24.2 Å². The highest BCUT2D eigenvalue weighted by Crippen LogP contribution is 2.18. The van der Waals surface area contributed by atoms with Crippen molar-refractivity contribution in [1.29, 1.82) is 0 Å². The summed E-state index contributed by atoms with van der Waals surface area (Å²) in [4.78, 5) is 0. The minimum atomic E-state index is -1.57. The third-order valence-corrected chi connectivity index (χ3v) is 3.19. The summed E-state index contributed by atoms with van der Waals surface area (Å²) in [5, 5.41) is 19.0. The van der Waals surface area contributed by atoms with Crippen LogP contribution in [0.25, 0.3) is 0 Å². The molecule has 0 aromatic heterocycles. The fourth-order valence-corrected chi connectivity index (χ4v) is 2.13. The van der Waals surface area contributed by atoms with E-state index in [4.69, 9.17) is 21.1 Å². The SMILES string of the molecule is OB(O)c1ccc(Cl)cc1OC[C@H]1CCCCO1. The fraction of sp³-hybridized carbons (Fsp3) is 0.500. The molecule has 0 aliphatic carbocycles. The molecule has 6 heteroatoms. The van der Waals surface area contributed by atoms with Gasteiger partial charge in [0.15, 0.2) is 0 Å². The van der Waals surface area contributed by atoms with Gasteiger partial charge in [-0.05, 0) is 31.4 Å². The Bertz CT molecular complexity index is 394. The highest BCUT2D eigenvalue weighted by molar-refractivity contribution is 6.59. The smallest absolute Gasteiger partial charge is 0.491 e. The topological polar surface area (TPSA) is 58.9 Å². The molecule has 1 aliphatic rings. The third-order valence-electron chi connectivity index (χ3n) is 2.95. The lowest BCUT2D eigenvalue weighted by Crippen LogP contribution is -2.33. The first-order chi connectivity index (χ1) is 8.66. The maximum absolute atomic E-state index is 9.23. The summed E-state index contributed by atoms with van der Waals surface area (Å²) >= 11 is 5.87. The number of ether oxygens (including phenoxy) is 2. The lowest BCUT2D eigenvalue weighted by Gasteiger charge is -2.23. The minimum absolute atomic E-state index is 0.0708. The van der Waals surface area contributed by atoms with Crippen molar-refractivity contribution < 1.29 is 19.5 Å². The molecule has 0 radical (unpaired) electrons. The number of halogens is 1. The first kappa shape index (κ1) is 13.7. The van der Waals surface area contributed by atoms with Gasteiger partial charge in [0, 0.05) is 17.1 Å². The van der Waals surface area contributed by atoms with Gasteiger partial charge in [-0.3, -0.25) is 0 Å². The van der Waals surface area contributed by atoms with Crippen LogP contribution in [0, 0.1) is 0 Å². The van der Waals surface area contributed by atoms with Gasteiger partial charge in [-0.15, -0.1) is 0 Å². The highest BCUT2D eigenvalue weighted by atomic mass is 35.5. The number of benzene rings is 1. The zero-order valence-electron chi connectivity index (χ0n) is 10.0. The Morgan fingerprint density at radius 2 is 2.22 bits per heavy atom. The first-order valence-electron chi connectivity index (χ1n) is 6.07. The second-order valence-electron chi connectivity index (χ2n) is 4.36. The molecule has 0 bridgehead atoms. The maximum atomic E-state index is 9.23. The van der Waals surface area contributed by atoms with Crippen molar-refractivity contribution in [2.24, 2.45) is 0 Å². The maximum Gasteiger partial charge on any atom is 0.492 e. The average Bonchev–Trinajstić information content (AvgIpc) is 2.37. The van der Waals surface area contributed by atoms with E-state index in [1.165, 1.54) is 0 Å². The molecular formula is C12H16BClO4. The Morgan fingerprint density at radius 1 is 1.39 bits per heavy atom. The first-order valence-corrected chi connectivity index (χ1v) is 6.44. The molecule has 1 fully saturated rings. The molecule has 1 atom stereocenters. The Kier molecular flexibility index (Phi) is 4.89. The van der Waals surface area contributed by atoms with E-state index >= 15 is 0 Å². The van der Waals surface area contributed by atoms with Crippen molar-refractivity contribution in [1.82, 2.24) is 0 Å². The van der Waals surface area contributed by atoms with E-state index in [1.54, 1.807) is 18.2 Å². The van der Waals surface area contributed by atoms with Crippen molar-refractivity contribution in [3.05, 3.63) is 23.2 Å². The number of rotatable bonds is 4. The van der Waals surface area contributed by atoms with Crippen LogP contribution in [0.1, 0.15) is 19.3 Å². The molecule has 0 amide bonds. The van der Waals surface area contributed by atoms with Crippen molar-refractivity contribution in [3.8, 4) is 5.75 Å². The van der Waals surface area contributed by atoms with E-state index in [1.807, 2.05) is 0 Å². The predicted octanol–water partition coefficient (Wildman–Crippen LogP) is 0.968. The zero-order valence-corrected chi connectivity index (χ0v) is 10.8. The summed E-state index contributed by atoms with van der Waals surface area (Å²) in [7, 11) is -1.57. The predicted molar refractivity (Wildman–Crippen MR) is 70.4 cm³/mol. The number of hydrogen-bond donors (Lipinski definition) is 2. The third kappa shape index (κ3) is 3.62. The molecule has 1 aromatic rings. The Hall–Kier alpha value is -0.745. The van der Waals surface area contributed by atoms with Crippen molar-refractivity contribution in [2.45, 2.75) is 25.4 Å². The van der Waals surface area contributed by atoms with Crippen LogP contribution in [0.2, 0.25) is 5.02 Å². The molecule has 4 nitrogen and oxygen atoms in total. The van der Waals surface area contributed by atoms with Gasteiger partial charge in [0.1, 0.15) is 12.4 Å². The van der Waals surface area contributed by atoms with Crippen molar-refractivity contribution in [2.75, 3.05) is 13.2 Å². The van der Waals surface area contributed by atoms with Crippen LogP contribution in [-0.4, -0.2) is 36.5 Å². The monoisotopic (exact) mass is 270 g/mol. The zero-order chi connectivity index (χ0) is 13.0. The minimum Gasteiger partial charge on any atom is -0.491 e. The molecular weight excluding hydrogens is 254 g/mol. The van der Waals surface area contributed by atoms with Gasteiger partial charge < -0.3 is 19.5 Å². The summed E-state index contributed by atoms with van der Waals surface area (Å²) in [6, 6.07) is 4.73. The van der Waals surface area contributed by atoms with Gasteiger partial charge in [-0.1, -0.05) is 17.7 Å². The van der Waals surface area contributed by atoms with Gasteiger partial charge >= 0.3 is 7.12 Å². The summed E-state index contributed by atoms with van der Waals surface area (Å²) in [5.74, 6) is 0.395. The Labute approximate surface area is 112 Å². The molecule has 1 aliphatic heterocycles. The van der Waals surface area contributed by atoms with E-state index < -0.39 is 7.12 Å². The summed E-state index contributed by atoms with van der Waals surface area (Å²) in [6.07, 6.45) is 3.27. The largest absolute Gasteiger partial charge is 0.492 e. The highest BCUT2D eigenvalue weighted by Gasteiger charge is 2.20. The van der Waals surface area contributed by atoms with E-state index in [9.17, 15) is 10.0 Å². The normalized spacial score (nSPS) is 19.6. The molecule has 1 aromatic carbocycles. The quantitative estimate of drug-likeness (QED) is 0.801. The number of hydrogen-bond acceptors (Lipinski definition) is 4. The Balaban J connectivity index is 2.00. The molecule has 1 heterocycles. The van der Waals surface area contributed by atoms with E-state index in [0.29, 0.717) is 22.8 Å². The summed E-state index contributed by atoms with van der Waals surface area (Å²) in [5.41, 5.74) is 0.315. The average molecular weight is 271 g/mol. The lowest BCUT2D eigenvalue weighted by atomic mass is 9.79. The standard InChI is InChI=1S/C12H16BClO4/c14-9-4-5-11(13(15)16)12(7-9)18-8-10-3-1-2-6-17-10/h4-5,7,10,15-16H,1-3,6,8H2/t10-/m1/s1. The second-order valence-corrected chi connectivity index (χ2v) is 4.79. The molecule has 0 spiro atoms. The molecule has 2 rings (SSSR count). The Morgan fingerprint density at radius 3 is 2.89 bits per heavy atom. The van der Waals surface area contributed by atoms with Gasteiger partial charge in [0.2, 0.25) is 0 Å². The lowest BCUT2D eigenvalue weighted by molar-refractivity contribution is -0.0109. The van der Waals surface area contributed by atoms with Crippen LogP contribution in [0.5, 0.6) is 5.75 Å². The van der Waals surface area contributed by atoms with Gasteiger partial charge in [-0.2, -0.15) is 0 Å². The fourth-order valence-electron chi connectivity index (χ4n) is 1.97. The molecule has 18 heavy (non-hydrogen) atoms. The molecule has 98 valence electrons. The summed E-state index contributed by atoms with van der Waals surface area (Å²) < 4.78 is 11.1. The molecule has 2 N–H and O–H groups in total.